The predicted molar refractivity (Wildman–Crippen MR) is 86.7 cm³/mol. The van der Waals surface area contributed by atoms with Crippen LogP contribution in [0.1, 0.15) is 28.4 Å². The molecule has 20 heavy (non-hydrogen) atoms. The van der Waals surface area contributed by atoms with E-state index >= 15 is 0 Å². The quantitative estimate of drug-likeness (QED) is 0.836. The van der Waals surface area contributed by atoms with E-state index in [9.17, 15) is 4.79 Å². The Morgan fingerprint density at radius 3 is 2.60 bits per heavy atom. The number of amides is 1. The molecule has 0 aliphatic rings. The van der Waals surface area contributed by atoms with Gasteiger partial charge in [-0.15, -0.1) is 11.8 Å². The first-order chi connectivity index (χ1) is 9.67. The highest BCUT2D eigenvalue weighted by Gasteiger charge is 2.13. The summed E-state index contributed by atoms with van der Waals surface area (Å²) in [7, 11) is 0. The number of thioether (sulfide) groups is 1. The molecule has 0 aromatic heterocycles. The lowest BCUT2D eigenvalue weighted by atomic mass is 10.1. The van der Waals surface area contributed by atoms with E-state index in [0.717, 1.165) is 28.1 Å². The number of hydrogen-bond donors (Lipinski definition) is 1. The van der Waals surface area contributed by atoms with Crippen molar-refractivity contribution in [2.45, 2.75) is 25.2 Å². The van der Waals surface area contributed by atoms with Gasteiger partial charge in [0.05, 0.1) is 5.56 Å². The number of para-hydroxylation sites is 1. The third kappa shape index (κ3) is 3.05. The Morgan fingerprint density at radius 2 is 1.90 bits per heavy atom. The molecule has 3 heteroatoms. The maximum absolute atomic E-state index is 12.5. The van der Waals surface area contributed by atoms with Gasteiger partial charge in [-0.1, -0.05) is 37.3 Å². The van der Waals surface area contributed by atoms with Gasteiger partial charge in [0.25, 0.3) is 5.91 Å². The molecule has 0 fully saturated rings. The van der Waals surface area contributed by atoms with Crippen molar-refractivity contribution in [3.05, 3.63) is 59.2 Å². The minimum atomic E-state index is -0.0426. The van der Waals surface area contributed by atoms with Crippen LogP contribution in [-0.2, 0) is 6.42 Å². The number of rotatable bonds is 4. The monoisotopic (exact) mass is 285 g/mol. The minimum absolute atomic E-state index is 0.0426. The SMILES string of the molecule is CCc1cccc(C)c1NC(=O)c1ccccc1SC. The molecule has 0 saturated heterocycles. The molecule has 0 heterocycles. The zero-order valence-corrected chi connectivity index (χ0v) is 12.9. The van der Waals surface area contributed by atoms with Crippen molar-refractivity contribution < 1.29 is 4.79 Å². The Bertz CT molecular complexity index is 622. The number of hydrogen-bond acceptors (Lipinski definition) is 2. The van der Waals surface area contributed by atoms with Gasteiger partial charge in [-0.2, -0.15) is 0 Å². The molecule has 2 rings (SSSR count). The van der Waals surface area contributed by atoms with Crippen LogP contribution in [0.4, 0.5) is 5.69 Å². The Labute approximate surface area is 124 Å². The van der Waals surface area contributed by atoms with Crippen LogP contribution in [0.25, 0.3) is 0 Å². The molecule has 2 aromatic carbocycles. The molecule has 0 aliphatic carbocycles. The van der Waals surface area contributed by atoms with Crippen LogP contribution in [0.3, 0.4) is 0 Å². The van der Waals surface area contributed by atoms with Crippen LogP contribution in [0.5, 0.6) is 0 Å². The topological polar surface area (TPSA) is 29.1 Å². The highest BCUT2D eigenvalue weighted by molar-refractivity contribution is 7.98. The molecule has 2 nitrogen and oxygen atoms in total. The maximum atomic E-state index is 12.5. The van der Waals surface area contributed by atoms with Gasteiger partial charge < -0.3 is 5.32 Å². The average Bonchev–Trinajstić information content (AvgIpc) is 2.49. The fourth-order valence-corrected chi connectivity index (χ4v) is 2.81. The summed E-state index contributed by atoms with van der Waals surface area (Å²) in [5.41, 5.74) is 3.93. The molecule has 2 aromatic rings. The van der Waals surface area contributed by atoms with Gasteiger partial charge in [0.15, 0.2) is 0 Å². The second kappa shape index (κ2) is 6.62. The molecule has 0 bridgehead atoms. The Morgan fingerprint density at radius 1 is 1.15 bits per heavy atom. The van der Waals surface area contributed by atoms with Crippen LogP contribution < -0.4 is 5.32 Å². The van der Waals surface area contributed by atoms with Crippen LogP contribution in [0, 0.1) is 6.92 Å². The van der Waals surface area contributed by atoms with E-state index in [-0.39, 0.29) is 5.91 Å². The van der Waals surface area contributed by atoms with Crippen LogP contribution in [0.15, 0.2) is 47.4 Å². The Balaban J connectivity index is 2.33. The van der Waals surface area contributed by atoms with Crippen molar-refractivity contribution in [2.24, 2.45) is 0 Å². The van der Waals surface area contributed by atoms with Crippen LogP contribution in [-0.4, -0.2) is 12.2 Å². The first kappa shape index (κ1) is 14.7. The van der Waals surface area contributed by atoms with Crippen molar-refractivity contribution in [2.75, 3.05) is 11.6 Å². The van der Waals surface area contributed by atoms with Gasteiger partial charge in [-0.3, -0.25) is 4.79 Å². The van der Waals surface area contributed by atoms with E-state index in [2.05, 4.69) is 18.3 Å². The fourth-order valence-electron chi connectivity index (χ4n) is 2.22. The summed E-state index contributed by atoms with van der Waals surface area (Å²) in [6, 6.07) is 13.8. The number of aryl methyl sites for hydroxylation is 2. The largest absolute Gasteiger partial charge is 0.321 e. The first-order valence-corrected chi connectivity index (χ1v) is 7.92. The maximum Gasteiger partial charge on any atom is 0.256 e. The molecular weight excluding hydrogens is 266 g/mol. The predicted octanol–water partition coefficient (Wildman–Crippen LogP) is 4.53. The highest BCUT2D eigenvalue weighted by Crippen LogP contribution is 2.24. The van der Waals surface area contributed by atoms with Crippen LogP contribution in [0.2, 0.25) is 0 Å². The van der Waals surface area contributed by atoms with Crippen molar-refractivity contribution in [3.63, 3.8) is 0 Å². The smallest absolute Gasteiger partial charge is 0.256 e. The first-order valence-electron chi connectivity index (χ1n) is 6.70. The lowest BCUT2D eigenvalue weighted by Crippen LogP contribution is -2.15. The summed E-state index contributed by atoms with van der Waals surface area (Å²) in [6.07, 6.45) is 2.89. The summed E-state index contributed by atoms with van der Waals surface area (Å²) >= 11 is 1.59. The molecule has 0 saturated carbocycles. The standard InChI is InChI=1S/C17H19NOS/c1-4-13-9-7-8-12(2)16(13)18-17(19)14-10-5-6-11-15(14)20-3/h5-11H,4H2,1-3H3,(H,18,19). The lowest BCUT2D eigenvalue weighted by Gasteiger charge is -2.14. The van der Waals surface area contributed by atoms with Gasteiger partial charge in [0.1, 0.15) is 0 Å². The number of nitrogens with one attached hydrogen (secondary N) is 1. The number of carbonyl (C=O) groups is 1. The molecule has 0 atom stereocenters. The molecular formula is C17H19NOS. The summed E-state index contributed by atoms with van der Waals surface area (Å²) in [4.78, 5) is 13.5. The zero-order chi connectivity index (χ0) is 14.5. The second-order valence-corrected chi connectivity index (χ2v) is 5.47. The van der Waals surface area contributed by atoms with Gasteiger partial charge >= 0.3 is 0 Å². The van der Waals surface area contributed by atoms with E-state index < -0.39 is 0 Å². The Hall–Kier alpha value is -1.74. The van der Waals surface area contributed by atoms with Crippen molar-refractivity contribution in [1.82, 2.24) is 0 Å². The van der Waals surface area contributed by atoms with Gasteiger partial charge in [-0.05, 0) is 42.9 Å². The summed E-state index contributed by atoms with van der Waals surface area (Å²) < 4.78 is 0. The van der Waals surface area contributed by atoms with Gasteiger partial charge in [0.2, 0.25) is 0 Å². The molecule has 0 radical (unpaired) electrons. The van der Waals surface area contributed by atoms with E-state index in [4.69, 9.17) is 0 Å². The summed E-state index contributed by atoms with van der Waals surface area (Å²) in [5, 5.41) is 3.07. The number of benzene rings is 2. The zero-order valence-electron chi connectivity index (χ0n) is 12.1. The molecule has 0 unspecified atom stereocenters. The number of carbonyl (C=O) groups excluding carboxylic acids is 1. The fraction of sp³-hybridized carbons (Fsp3) is 0.235. The third-order valence-corrected chi connectivity index (χ3v) is 4.13. The molecule has 0 aliphatic heterocycles. The van der Waals surface area contributed by atoms with Crippen molar-refractivity contribution in [1.29, 1.82) is 0 Å². The highest BCUT2D eigenvalue weighted by atomic mass is 32.2. The van der Waals surface area contributed by atoms with E-state index in [1.165, 1.54) is 5.56 Å². The van der Waals surface area contributed by atoms with Crippen molar-refractivity contribution in [3.8, 4) is 0 Å². The lowest BCUT2D eigenvalue weighted by molar-refractivity contribution is 0.102. The molecule has 1 N–H and O–H groups in total. The van der Waals surface area contributed by atoms with E-state index in [0.29, 0.717) is 0 Å². The third-order valence-electron chi connectivity index (χ3n) is 3.33. The Kier molecular flexibility index (Phi) is 4.85. The summed E-state index contributed by atoms with van der Waals surface area (Å²) in [5.74, 6) is -0.0426. The van der Waals surface area contributed by atoms with Crippen molar-refractivity contribution >= 4 is 23.4 Å². The van der Waals surface area contributed by atoms with E-state index in [1.54, 1.807) is 11.8 Å². The number of anilines is 1. The molecule has 104 valence electrons. The normalized spacial score (nSPS) is 10.3. The average molecular weight is 285 g/mol. The molecule has 1 amide bonds. The molecule has 0 spiro atoms. The van der Waals surface area contributed by atoms with Crippen LogP contribution >= 0.6 is 11.8 Å². The van der Waals surface area contributed by atoms with E-state index in [1.807, 2.05) is 49.6 Å². The second-order valence-electron chi connectivity index (χ2n) is 4.62. The minimum Gasteiger partial charge on any atom is -0.321 e. The summed E-state index contributed by atoms with van der Waals surface area (Å²) in [6.45, 7) is 4.12. The van der Waals surface area contributed by atoms with Gasteiger partial charge in [0, 0.05) is 10.6 Å². The van der Waals surface area contributed by atoms with Gasteiger partial charge in [-0.25, -0.2) is 0 Å².